The van der Waals surface area contributed by atoms with Gasteiger partial charge in [-0.05, 0) is 42.1 Å². The van der Waals surface area contributed by atoms with Crippen LogP contribution < -0.4 is 5.32 Å². The second-order valence-corrected chi connectivity index (χ2v) is 7.71. The van der Waals surface area contributed by atoms with Crippen molar-refractivity contribution in [1.29, 1.82) is 0 Å². The minimum Gasteiger partial charge on any atom is -0.391 e. The van der Waals surface area contributed by atoms with E-state index in [1.807, 2.05) is 11.8 Å². The summed E-state index contributed by atoms with van der Waals surface area (Å²) in [7, 11) is 0. The van der Waals surface area contributed by atoms with Crippen molar-refractivity contribution in [3.8, 4) is 0 Å². The Bertz CT molecular complexity index is 257. The SMILES string of the molecule is CC(C)(C)CC(O)CNC(=O)CC1CCSCC1. The summed E-state index contributed by atoms with van der Waals surface area (Å²) in [6.07, 6.45) is 3.22. The van der Waals surface area contributed by atoms with Crippen molar-refractivity contribution >= 4 is 17.7 Å². The van der Waals surface area contributed by atoms with E-state index in [1.165, 1.54) is 11.5 Å². The van der Waals surface area contributed by atoms with Gasteiger partial charge in [0.1, 0.15) is 0 Å². The molecule has 0 aromatic rings. The number of amides is 1. The van der Waals surface area contributed by atoms with Gasteiger partial charge in [0, 0.05) is 13.0 Å². The standard InChI is InChI=1S/C14H27NO2S/c1-14(2,3)9-12(16)10-15-13(17)8-11-4-6-18-7-5-11/h11-12,16H,4-10H2,1-3H3,(H,15,17). The Hall–Kier alpha value is -0.220. The molecular weight excluding hydrogens is 246 g/mol. The van der Waals surface area contributed by atoms with Crippen LogP contribution in [-0.4, -0.2) is 35.2 Å². The first-order valence-electron chi connectivity index (χ1n) is 6.89. The molecule has 1 rings (SSSR count). The van der Waals surface area contributed by atoms with Gasteiger partial charge in [-0.1, -0.05) is 20.8 Å². The van der Waals surface area contributed by atoms with Crippen LogP contribution in [0.15, 0.2) is 0 Å². The smallest absolute Gasteiger partial charge is 0.220 e. The van der Waals surface area contributed by atoms with Gasteiger partial charge in [-0.2, -0.15) is 11.8 Å². The van der Waals surface area contributed by atoms with Crippen molar-refractivity contribution in [3.05, 3.63) is 0 Å². The van der Waals surface area contributed by atoms with Gasteiger partial charge >= 0.3 is 0 Å². The molecule has 4 heteroatoms. The van der Waals surface area contributed by atoms with Gasteiger partial charge < -0.3 is 10.4 Å². The van der Waals surface area contributed by atoms with Crippen molar-refractivity contribution in [1.82, 2.24) is 5.32 Å². The number of nitrogens with one attached hydrogen (secondary N) is 1. The van der Waals surface area contributed by atoms with Crippen LogP contribution in [0.4, 0.5) is 0 Å². The summed E-state index contributed by atoms with van der Waals surface area (Å²) < 4.78 is 0. The molecule has 0 bridgehead atoms. The molecular formula is C14H27NO2S. The van der Waals surface area contributed by atoms with Crippen LogP contribution in [0.2, 0.25) is 0 Å². The van der Waals surface area contributed by atoms with Crippen molar-refractivity contribution in [2.45, 2.75) is 52.6 Å². The first-order chi connectivity index (χ1) is 8.37. The van der Waals surface area contributed by atoms with E-state index in [4.69, 9.17) is 0 Å². The van der Waals surface area contributed by atoms with Gasteiger partial charge in [-0.3, -0.25) is 4.79 Å². The van der Waals surface area contributed by atoms with E-state index < -0.39 is 6.10 Å². The lowest BCUT2D eigenvalue weighted by Gasteiger charge is -2.23. The minimum atomic E-state index is -0.434. The van der Waals surface area contributed by atoms with Crippen LogP contribution in [0.25, 0.3) is 0 Å². The van der Waals surface area contributed by atoms with E-state index in [0.29, 0.717) is 25.3 Å². The molecule has 0 aliphatic carbocycles. The fraction of sp³-hybridized carbons (Fsp3) is 0.929. The second-order valence-electron chi connectivity index (χ2n) is 6.48. The zero-order valence-electron chi connectivity index (χ0n) is 11.9. The molecule has 0 radical (unpaired) electrons. The second kappa shape index (κ2) is 7.39. The van der Waals surface area contributed by atoms with Gasteiger partial charge in [0.05, 0.1) is 6.10 Å². The van der Waals surface area contributed by atoms with Crippen LogP contribution >= 0.6 is 11.8 Å². The van der Waals surface area contributed by atoms with Gasteiger partial charge in [0.25, 0.3) is 0 Å². The molecule has 1 aliphatic heterocycles. The fourth-order valence-corrected chi connectivity index (χ4v) is 3.50. The largest absolute Gasteiger partial charge is 0.391 e. The van der Waals surface area contributed by atoms with E-state index in [1.54, 1.807) is 0 Å². The molecule has 1 fully saturated rings. The maximum atomic E-state index is 11.8. The lowest BCUT2D eigenvalue weighted by atomic mass is 9.89. The molecule has 1 heterocycles. The highest BCUT2D eigenvalue weighted by molar-refractivity contribution is 7.99. The molecule has 106 valence electrons. The Morgan fingerprint density at radius 2 is 2.00 bits per heavy atom. The molecule has 1 aliphatic rings. The number of aliphatic hydroxyl groups is 1. The van der Waals surface area contributed by atoms with Crippen LogP contribution in [-0.2, 0) is 4.79 Å². The average molecular weight is 273 g/mol. The molecule has 1 atom stereocenters. The number of aliphatic hydroxyl groups excluding tert-OH is 1. The number of carbonyl (C=O) groups excluding carboxylic acids is 1. The zero-order valence-corrected chi connectivity index (χ0v) is 12.7. The van der Waals surface area contributed by atoms with Crippen LogP contribution in [0, 0.1) is 11.3 Å². The van der Waals surface area contributed by atoms with E-state index in [0.717, 1.165) is 12.8 Å². The zero-order chi connectivity index (χ0) is 13.6. The van der Waals surface area contributed by atoms with Crippen molar-refractivity contribution in [3.63, 3.8) is 0 Å². The fourth-order valence-electron chi connectivity index (χ4n) is 2.30. The third kappa shape index (κ3) is 7.27. The first-order valence-corrected chi connectivity index (χ1v) is 8.05. The van der Waals surface area contributed by atoms with Crippen LogP contribution in [0.1, 0.15) is 46.5 Å². The molecule has 2 N–H and O–H groups in total. The number of hydrogen-bond acceptors (Lipinski definition) is 3. The lowest BCUT2D eigenvalue weighted by molar-refractivity contribution is -0.122. The summed E-state index contributed by atoms with van der Waals surface area (Å²) in [6.45, 7) is 6.67. The van der Waals surface area contributed by atoms with Crippen molar-refractivity contribution in [2.24, 2.45) is 11.3 Å². The average Bonchev–Trinajstić information content (AvgIpc) is 2.25. The maximum absolute atomic E-state index is 11.8. The Kier molecular flexibility index (Phi) is 6.50. The Balaban J connectivity index is 2.16. The highest BCUT2D eigenvalue weighted by Crippen LogP contribution is 2.25. The van der Waals surface area contributed by atoms with E-state index >= 15 is 0 Å². The molecule has 3 nitrogen and oxygen atoms in total. The molecule has 1 unspecified atom stereocenters. The number of thioether (sulfide) groups is 1. The van der Waals surface area contributed by atoms with Gasteiger partial charge in [0.15, 0.2) is 0 Å². The van der Waals surface area contributed by atoms with E-state index in [9.17, 15) is 9.90 Å². The highest BCUT2D eigenvalue weighted by Gasteiger charge is 2.19. The Morgan fingerprint density at radius 1 is 1.39 bits per heavy atom. The maximum Gasteiger partial charge on any atom is 0.220 e. The van der Waals surface area contributed by atoms with Crippen molar-refractivity contribution < 1.29 is 9.90 Å². The van der Waals surface area contributed by atoms with Gasteiger partial charge in [0.2, 0.25) is 5.91 Å². The van der Waals surface area contributed by atoms with E-state index in [-0.39, 0.29) is 11.3 Å². The highest BCUT2D eigenvalue weighted by atomic mass is 32.2. The monoisotopic (exact) mass is 273 g/mol. The number of hydrogen-bond donors (Lipinski definition) is 2. The first kappa shape index (κ1) is 15.8. The van der Waals surface area contributed by atoms with Crippen LogP contribution in [0.3, 0.4) is 0 Å². The van der Waals surface area contributed by atoms with Crippen LogP contribution in [0.5, 0.6) is 0 Å². The quantitative estimate of drug-likeness (QED) is 0.809. The topological polar surface area (TPSA) is 49.3 Å². The van der Waals surface area contributed by atoms with Gasteiger partial charge in [-0.15, -0.1) is 0 Å². The summed E-state index contributed by atoms with van der Waals surface area (Å²) in [5, 5.41) is 12.7. The minimum absolute atomic E-state index is 0.0971. The third-order valence-electron chi connectivity index (χ3n) is 3.20. The molecule has 18 heavy (non-hydrogen) atoms. The van der Waals surface area contributed by atoms with Gasteiger partial charge in [-0.25, -0.2) is 0 Å². The third-order valence-corrected chi connectivity index (χ3v) is 4.25. The summed E-state index contributed by atoms with van der Waals surface area (Å²) >= 11 is 1.98. The number of rotatable bonds is 5. The molecule has 0 aromatic carbocycles. The summed E-state index contributed by atoms with van der Waals surface area (Å²) in [5.41, 5.74) is 0.102. The molecule has 0 spiro atoms. The summed E-state index contributed by atoms with van der Waals surface area (Å²) in [6, 6.07) is 0. The van der Waals surface area contributed by atoms with Crippen molar-refractivity contribution in [2.75, 3.05) is 18.1 Å². The number of carbonyl (C=O) groups is 1. The lowest BCUT2D eigenvalue weighted by Crippen LogP contribution is -2.35. The molecule has 1 saturated heterocycles. The molecule has 0 saturated carbocycles. The summed E-state index contributed by atoms with van der Waals surface area (Å²) in [5.74, 6) is 3.01. The Labute approximate surface area is 115 Å². The predicted octanol–water partition coefficient (Wildman–Crippen LogP) is 2.43. The Morgan fingerprint density at radius 3 is 2.56 bits per heavy atom. The summed E-state index contributed by atoms with van der Waals surface area (Å²) in [4.78, 5) is 11.8. The predicted molar refractivity (Wildman–Crippen MR) is 77.8 cm³/mol. The molecule has 1 amide bonds. The molecule has 0 aromatic heterocycles. The van der Waals surface area contributed by atoms with E-state index in [2.05, 4.69) is 26.1 Å². The normalized spacial score (nSPS) is 19.6.